The van der Waals surface area contributed by atoms with Gasteiger partial charge in [0, 0.05) is 0 Å². The van der Waals surface area contributed by atoms with Crippen molar-refractivity contribution < 1.29 is 9.23 Å². The summed E-state index contributed by atoms with van der Waals surface area (Å²) in [5, 5.41) is 0. The van der Waals surface area contributed by atoms with E-state index in [0.717, 1.165) is 0 Å². The molecular weight excluding hydrogens is 85.0 g/mol. The van der Waals surface area contributed by atoms with Crippen LogP contribution in [0.4, 0.5) is 4.39 Å². The molecule has 0 aromatic rings. The molecule has 0 radical (unpaired) electrons. The molecule has 0 aliphatic rings. The standard InChI is InChI=1S/C3H8FNO/c1-3(4)2-6-5/h3H,2,5H2,1H3. The molecular formula is C3H8FNO. The van der Waals surface area contributed by atoms with E-state index in [4.69, 9.17) is 0 Å². The first kappa shape index (κ1) is 5.85. The van der Waals surface area contributed by atoms with Gasteiger partial charge in [0.05, 0.1) is 6.61 Å². The molecule has 0 aliphatic carbocycles. The Morgan fingerprint density at radius 1 is 2.00 bits per heavy atom. The highest BCUT2D eigenvalue weighted by molar-refractivity contribution is 4.37. The maximum absolute atomic E-state index is 11.5. The van der Waals surface area contributed by atoms with Crippen LogP contribution in [0.25, 0.3) is 0 Å². The predicted molar refractivity (Wildman–Crippen MR) is 20.7 cm³/mol. The van der Waals surface area contributed by atoms with Crippen LogP contribution in [0.3, 0.4) is 0 Å². The fraction of sp³-hybridized carbons (Fsp3) is 1.00. The lowest BCUT2D eigenvalue weighted by molar-refractivity contribution is 0.0889. The molecule has 3 heteroatoms. The predicted octanol–water partition coefficient (Wildman–Crippen LogP) is 0.235. The minimum atomic E-state index is -0.949. The van der Waals surface area contributed by atoms with Crippen molar-refractivity contribution in [3.8, 4) is 0 Å². The van der Waals surface area contributed by atoms with Crippen molar-refractivity contribution in [1.82, 2.24) is 0 Å². The van der Waals surface area contributed by atoms with Crippen LogP contribution in [0, 0.1) is 0 Å². The Balaban J connectivity index is 2.63. The number of hydrogen-bond acceptors (Lipinski definition) is 2. The van der Waals surface area contributed by atoms with Gasteiger partial charge in [-0.15, -0.1) is 0 Å². The van der Waals surface area contributed by atoms with Crippen molar-refractivity contribution in [1.29, 1.82) is 0 Å². The molecule has 1 atom stereocenters. The van der Waals surface area contributed by atoms with Gasteiger partial charge in [0.15, 0.2) is 0 Å². The van der Waals surface area contributed by atoms with Gasteiger partial charge in [-0.05, 0) is 6.92 Å². The summed E-state index contributed by atoms with van der Waals surface area (Å²) in [6.07, 6.45) is -0.949. The van der Waals surface area contributed by atoms with Crippen LogP contribution in [0.15, 0.2) is 0 Å². The number of rotatable bonds is 2. The number of hydrogen-bond donors (Lipinski definition) is 1. The highest BCUT2D eigenvalue weighted by atomic mass is 19.1. The molecule has 0 saturated heterocycles. The highest BCUT2D eigenvalue weighted by Gasteiger charge is 1.91. The van der Waals surface area contributed by atoms with Crippen LogP contribution in [-0.2, 0) is 4.84 Å². The zero-order valence-electron chi connectivity index (χ0n) is 3.65. The van der Waals surface area contributed by atoms with Crippen LogP contribution in [0.5, 0.6) is 0 Å². The van der Waals surface area contributed by atoms with Crippen LogP contribution >= 0.6 is 0 Å². The van der Waals surface area contributed by atoms with Crippen molar-refractivity contribution in [2.75, 3.05) is 6.61 Å². The lowest BCUT2D eigenvalue weighted by atomic mass is 10.5. The van der Waals surface area contributed by atoms with Gasteiger partial charge in [0.2, 0.25) is 0 Å². The van der Waals surface area contributed by atoms with E-state index >= 15 is 0 Å². The Labute approximate surface area is 36.0 Å². The molecule has 0 aromatic carbocycles. The molecule has 38 valence electrons. The second kappa shape index (κ2) is 3.06. The third-order valence-electron chi connectivity index (χ3n) is 0.326. The fourth-order valence-corrected chi connectivity index (χ4v) is 0.133. The first-order valence-corrected chi connectivity index (χ1v) is 1.73. The Morgan fingerprint density at radius 3 is 2.50 bits per heavy atom. The molecule has 0 aromatic heterocycles. The van der Waals surface area contributed by atoms with Crippen molar-refractivity contribution in [2.45, 2.75) is 13.1 Å². The average Bonchev–Trinajstić information content (AvgIpc) is 1.35. The van der Waals surface area contributed by atoms with E-state index < -0.39 is 6.17 Å². The second-order valence-corrected chi connectivity index (χ2v) is 1.11. The SMILES string of the molecule is CC(F)CON. The van der Waals surface area contributed by atoms with Gasteiger partial charge in [-0.1, -0.05) is 0 Å². The molecule has 1 unspecified atom stereocenters. The van der Waals surface area contributed by atoms with Crippen LogP contribution < -0.4 is 5.90 Å². The largest absolute Gasteiger partial charge is 0.302 e. The summed E-state index contributed by atoms with van der Waals surface area (Å²) in [5.41, 5.74) is 0. The quantitative estimate of drug-likeness (QED) is 0.496. The van der Waals surface area contributed by atoms with Crippen molar-refractivity contribution >= 4 is 0 Å². The first-order valence-electron chi connectivity index (χ1n) is 1.73. The Bertz CT molecular complexity index is 32.0. The summed E-state index contributed by atoms with van der Waals surface area (Å²) >= 11 is 0. The zero-order valence-corrected chi connectivity index (χ0v) is 3.65. The van der Waals surface area contributed by atoms with Crippen LogP contribution in [-0.4, -0.2) is 12.8 Å². The van der Waals surface area contributed by atoms with E-state index in [1.54, 1.807) is 0 Å². The third-order valence-corrected chi connectivity index (χ3v) is 0.326. The molecule has 0 spiro atoms. The molecule has 0 amide bonds. The summed E-state index contributed by atoms with van der Waals surface area (Å²) in [6.45, 7) is 1.37. The lowest BCUT2D eigenvalue weighted by Crippen LogP contribution is -2.09. The minimum absolute atomic E-state index is 0.0139. The zero-order chi connectivity index (χ0) is 4.99. The van der Waals surface area contributed by atoms with E-state index in [1.807, 2.05) is 0 Å². The summed E-state index contributed by atoms with van der Waals surface area (Å²) in [6, 6.07) is 0. The van der Waals surface area contributed by atoms with Crippen molar-refractivity contribution in [2.24, 2.45) is 5.90 Å². The number of halogens is 1. The van der Waals surface area contributed by atoms with E-state index in [-0.39, 0.29) is 6.61 Å². The smallest absolute Gasteiger partial charge is 0.123 e. The van der Waals surface area contributed by atoms with E-state index in [0.29, 0.717) is 0 Å². The van der Waals surface area contributed by atoms with E-state index in [2.05, 4.69) is 10.7 Å². The first-order chi connectivity index (χ1) is 2.77. The topological polar surface area (TPSA) is 35.2 Å². The normalized spacial score (nSPS) is 14.5. The molecule has 2 N–H and O–H groups in total. The Hall–Kier alpha value is -0.150. The second-order valence-electron chi connectivity index (χ2n) is 1.11. The third kappa shape index (κ3) is 3.85. The van der Waals surface area contributed by atoms with Crippen molar-refractivity contribution in [3.05, 3.63) is 0 Å². The van der Waals surface area contributed by atoms with Gasteiger partial charge in [-0.25, -0.2) is 10.3 Å². The molecule has 0 saturated carbocycles. The van der Waals surface area contributed by atoms with Gasteiger partial charge < -0.3 is 4.84 Å². The Kier molecular flexibility index (Phi) is 2.98. The maximum atomic E-state index is 11.5. The molecule has 0 bridgehead atoms. The van der Waals surface area contributed by atoms with E-state index in [1.165, 1.54) is 6.92 Å². The van der Waals surface area contributed by atoms with E-state index in [9.17, 15) is 4.39 Å². The average molecular weight is 93.1 g/mol. The highest BCUT2D eigenvalue weighted by Crippen LogP contribution is 1.83. The monoisotopic (exact) mass is 93.1 g/mol. The van der Waals surface area contributed by atoms with Crippen LogP contribution in [0.1, 0.15) is 6.92 Å². The molecule has 6 heavy (non-hydrogen) atoms. The van der Waals surface area contributed by atoms with Gasteiger partial charge in [0.25, 0.3) is 0 Å². The Morgan fingerprint density at radius 2 is 2.50 bits per heavy atom. The van der Waals surface area contributed by atoms with Gasteiger partial charge in [-0.3, -0.25) is 0 Å². The van der Waals surface area contributed by atoms with Gasteiger partial charge in [-0.2, -0.15) is 0 Å². The fourth-order valence-electron chi connectivity index (χ4n) is 0.133. The maximum Gasteiger partial charge on any atom is 0.123 e. The summed E-state index contributed by atoms with van der Waals surface area (Å²) in [7, 11) is 0. The van der Waals surface area contributed by atoms with Gasteiger partial charge >= 0.3 is 0 Å². The molecule has 0 rings (SSSR count). The van der Waals surface area contributed by atoms with Crippen LogP contribution in [0.2, 0.25) is 0 Å². The van der Waals surface area contributed by atoms with Crippen molar-refractivity contribution in [3.63, 3.8) is 0 Å². The minimum Gasteiger partial charge on any atom is -0.302 e. The number of nitrogens with two attached hydrogens (primary N) is 1. The molecule has 0 heterocycles. The summed E-state index contributed by atoms with van der Waals surface area (Å²) in [4.78, 5) is 3.93. The molecule has 2 nitrogen and oxygen atoms in total. The lowest BCUT2D eigenvalue weighted by Gasteiger charge is -1.93. The summed E-state index contributed by atoms with van der Waals surface area (Å²) < 4.78 is 11.5. The summed E-state index contributed by atoms with van der Waals surface area (Å²) in [5.74, 6) is 4.49. The number of alkyl halides is 1. The molecule has 0 fully saturated rings. The molecule has 0 aliphatic heterocycles. The van der Waals surface area contributed by atoms with Gasteiger partial charge in [0.1, 0.15) is 6.17 Å².